The van der Waals surface area contributed by atoms with Crippen LogP contribution in [0.4, 0.5) is 5.69 Å². The van der Waals surface area contributed by atoms with E-state index >= 15 is 0 Å². The van der Waals surface area contributed by atoms with Crippen LogP contribution in [-0.2, 0) is 0 Å². The second-order valence-corrected chi connectivity index (χ2v) is 6.55. The molecule has 130 valence electrons. The van der Waals surface area contributed by atoms with Crippen LogP contribution in [0.1, 0.15) is 29.2 Å². The van der Waals surface area contributed by atoms with Gasteiger partial charge in [-0.25, -0.2) is 0 Å². The monoisotopic (exact) mass is 342 g/mol. The molecule has 1 heterocycles. The Morgan fingerprint density at radius 2 is 1.58 bits per heavy atom. The van der Waals surface area contributed by atoms with Crippen LogP contribution < -0.4 is 9.75 Å². The van der Waals surface area contributed by atoms with Crippen LogP contribution in [0, 0.1) is 6.92 Å². The van der Waals surface area contributed by atoms with Gasteiger partial charge < -0.3 is 4.74 Å². The predicted molar refractivity (Wildman–Crippen MR) is 107 cm³/mol. The highest BCUT2D eigenvalue weighted by Crippen LogP contribution is 2.39. The third kappa shape index (κ3) is 3.08. The molecular formula is C23H22N2O. The second-order valence-electron chi connectivity index (χ2n) is 6.55. The molecule has 3 aromatic carbocycles. The molecule has 1 aliphatic heterocycles. The lowest BCUT2D eigenvalue weighted by Crippen LogP contribution is -2.19. The number of benzene rings is 3. The van der Waals surface area contributed by atoms with Gasteiger partial charge in [-0.1, -0.05) is 66.2 Å². The smallest absolute Gasteiger partial charge is 0.124 e. The van der Waals surface area contributed by atoms with Crippen LogP contribution >= 0.6 is 0 Å². The number of para-hydroxylation sites is 2. The Balaban J connectivity index is 1.77. The molecule has 4 rings (SSSR count). The number of nitrogens with zero attached hydrogens (tertiary/aromatic N) is 2. The fourth-order valence-corrected chi connectivity index (χ4v) is 3.43. The van der Waals surface area contributed by atoms with Crippen LogP contribution in [-0.4, -0.2) is 12.8 Å². The lowest BCUT2D eigenvalue weighted by Gasteiger charge is -2.25. The van der Waals surface area contributed by atoms with Crippen molar-refractivity contribution >= 4 is 11.4 Å². The second kappa shape index (κ2) is 7.04. The zero-order chi connectivity index (χ0) is 17.9. The third-order valence-corrected chi connectivity index (χ3v) is 4.81. The summed E-state index contributed by atoms with van der Waals surface area (Å²) in [6.45, 7) is 2.11. The fourth-order valence-electron chi connectivity index (χ4n) is 3.43. The van der Waals surface area contributed by atoms with E-state index in [1.807, 2.05) is 30.3 Å². The van der Waals surface area contributed by atoms with Crippen LogP contribution in [0.3, 0.4) is 0 Å². The Morgan fingerprint density at radius 3 is 2.31 bits per heavy atom. The molecule has 0 spiro atoms. The van der Waals surface area contributed by atoms with E-state index in [9.17, 15) is 0 Å². The van der Waals surface area contributed by atoms with Crippen molar-refractivity contribution in [2.24, 2.45) is 5.10 Å². The molecule has 0 saturated heterocycles. The lowest BCUT2D eigenvalue weighted by molar-refractivity contribution is 0.405. The molecule has 0 aromatic heterocycles. The zero-order valence-corrected chi connectivity index (χ0v) is 15.1. The average molecular weight is 342 g/mol. The Hall–Kier alpha value is -3.07. The van der Waals surface area contributed by atoms with Gasteiger partial charge in [0.15, 0.2) is 0 Å². The highest BCUT2D eigenvalue weighted by molar-refractivity contribution is 6.03. The number of hydrogen-bond acceptors (Lipinski definition) is 3. The van der Waals surface area contributed by atoms with Crippen LogP contribution in [0.15, 0.2) is 84.0 Å². The standard InChI is InChI=1S/C23H22N2O/c1-17-12-14-18(15-13-17)21-16-22(20-10-6-7-11-23(20)26-2)25(24-21)19-8-4-3-5-9-19/h3-15,22H,16H2,1-2H3. The van der Waals surface area contributed by atoms with Crippen LogP contribution in [0.2, 0.25) is 0 Å². The summed E-state index contributed by atoms with van der Waals surface area (Å²) in [7, 11) is 1.72. The first-order valence-electron chi connectivity index (χ1n) is 8.88. The minimum absolute atomic E-state index is 0.116. The Bertz CT molecular complexity index is 916. The van der Waals surface area contributed by atoms with Crippen molar-refractivity contribution < 1.29 is 4.74 Å². The number of ether oxygens (including phenoxy) is 1. The maximum Gasteiger partial charge on any atom is 0.124 e. The van der Waals surface area contributed by atoms with E-state index in [4.69, 9.17) is 9.84 Å². The van der Waals surface area contributed by atoms with Gasteiger partial charge in [-0.3, -0.25) is 5.01 Å². The molecule has 1 aliphatic rings. The van der Waals surface area contributed by atoms with Gasteiger partial charge in [0.25, 0.3) is 0 Å². The summed E-state index contributed by atoms with van der Waals surface area (Å²) in [4.78, 5) is 0. The van der Waals surface area contributed by atoms with Crippen molar-refractivity contribution in [1.29, 1.82) is 0 Å². The van der Waals surface area contributed by atoms with E-state index < -0.39 is 0 Å². The number of methoxy groups -OCH3 is 1. The molecule has 1 unspecified atom stereocenters. The quantitative estimate of drug-likeness (QED) is 0.637. The first-order valence-corrected chi connectivity index (χ1v) is 8.88. The molecular weight excluding hydrogens is 320 g/mol. The maximum absolute atomic E-state index is 5.62. The van der Waals surface area contributed by atoms with Crippen molar-refractivity contribution in [3.8, 4) is 5.75 Å². The first-order chi connectivity index (χ1) is 12.8. The third-order valence-electron chi connectivity index (χ3n) is 4.81. The van der Waals surface area contributed by atoms with E-state index in [0.29, 0.717) is 0 Å². The van der Waals surface area contributed by atoms with Crippen molar-refractivity contribution in [1.82, 2.24) is 0 Å². The average Bonchev–Trinajstić information content (AvgIpc) is 3.14. The number of hydrogen-bond donors (Lipinski definition) is 0. The van der Waals surface area contributed by atoms with Gasteiger partial charge in [0.1, 0.15) is 5.75 Å². The molecule has 26 heavy (non-hydrogen) atoms. The van der Waals surface area contributed by atoms with E-state index in [-0.39, 0.29) is 6.04 Å². The molecule has 0 radical (unpaired) electrons. The number of hydrazone groups is 1. The Kier molecular flexibility index (Phi) is 4.44. The van der Waals surface area contributed by atoms with Gasteiger partial charge >= 0.3 is 0 Å². The summed E-state index contributed by atoms with van der Waals surface area (Å²) in [6.07, 6.45) is 0.846. The summed E-state index contributed by atoms with van der Waals surface area (Å²) in [5.74, 6) is 0.902. The van der Waals surface area contributed by atoms with Crippen LogP contribution in [0.5, 0.6) is 5.75 Å². The molecule has 1 atom stereocenters. The summed E-state index contributed by atoms with van der Waals surface area (Å²) >= 11 is 0. The van der Waals surface area contributed by atoms with Crippen molar-refractivity contribution in [3.05, 3.63) is 95.6 Å². The van der Waals surface area contributed by atoms with Gasteiger partial charge in [-0.2, -0.15) is 5.10 Å². The fraction of sp³-hybridized carbons (Fsp3) is 0.174. The van der Waals surface area contributed by atoms with Gasteiger partial charge in [-0.05, 0) is 30.7 Å². The molecule has 0 amide bonds. The van der Waals surface area contributed by atoms with Gasteiger partial charge in [0.05, 0.1) is 24.6 Å². The minimum Gasteiger partial charge on any atom is -0.496 e. The molecule has 0 aliphatic carbocycles. The topological polar surface area (TPSA) is 24.8 Å². The van der Waals surface area contributed by atoms with E-state index in [1.54, 1.807) is 7.11 Å². The molecule has 3 aromatic rings. The molecule has 0 bridgehead atoms. The van der Waals surface area contributed by atoms with Crippen LogP contribution in [0.25, 0.3) is 0 Å². The van der Waals surface area contributed by atoms with Gasteiger partial charge in [-0.15, -0.1) is 0 Å². The lowest BCUT2D eigenvalue weighted by atomic mass is 9.97. The molecule has 0 saturated carbocycles. The number of anilines is 1. The highest BCUT2D eigenvalue weighted by Gasteiger charge is 2.31. The van der Waals surface area contributed by atoms with Crippen molar-refractivity contribution in [3.63, 3.8) is 0 Å². The largest absolute Gasteiger partial charge is 0.496 e. The summed E-state index contributed by atoms with van der Waals surface area (Å²) in [6, 6.07) is 27.3. The zero-order valence-electron chi connectivity index (χ0n) is 15.1. The van der Waals surface area contributed by atoms with E-state index in [2.05, 4.69) is 60.5 Å². The Morgan fingerprint density at radius 1 is 0.885 bits per heavy atom. The first kappa shape index (κ1) is 16.4. The number of aryl methyl sites for hydroxylation is 1. The van der Waals surface area contributed by atoms with Gasteiger partial charge in [0.2, 0.25) is 0 Å². The SMILES string of the molecule is COc1ccccc1C1CC(c2ccc(C)cc2)=NN1c1ccccc1. The van der Waals surface area contributed by atoms with Crippen molar-refractivity contribution in [2.75, 3.05) is 12.1 Å². The van der Waals surface area contributed by atoms with Gasteiger partial charge in [0, 0.05) is 12.0 Å². The normalized spacial score (nSPS) is 16.5. The molecule has 3 nitrogen and oxygen atoms in total. The maximum atomic E-state index is 5.62. The molecule has 0 fully saturated rings. The van der Waals surface area contributed by atoms with E-state index in [1.165, 1.54) is 11.1 Å². The summed E-state index contributed by atoms with van der Waals surface area (Å²) in [5, 5.41) is 7.10. The summed E-state index contributed by atoms with van der Waals surface area (Å²) in [5.41, 5.74) is 5.78. The molecule has 0 N–H and O–H groups in total. The number of rotatable bonds is 4. The predicted octanol–water partition coefficient (Wildman–Crippen LogP) is 5.36. The molecule has 3 heteroatoms. The minimum atomic E-state index is 0.116. The van der Waals surface area contributed by atoms with Crippen molar-refractivity contribution in [2.45, 2.75) is 19.4 Å². The Labute approximate surface area is 154 Å². The highest BCUT2D eigenvalue weighted by atomic mass is 16.5. The van der Waals surface area contributed by atoms with E-state index in [0.717, 1.165) is 29.1 Å². The summed E-state index contributed by atoms with van der Waals surface area (Å²) < 4.78 is 5.62.